The first-order valence-corrected chi connectivity index (χ1v) is 7.44. The highest BCUT2D eigenvalue weighted by atomic mass is 16.1. The van der Waals surface area contributed by atoms with Crippen LogP contribution in [0.4, 0.5) is 5.69 Å². The molecular weight excluding hydrogens is 260 g/mol. The number of carbonyl (C=O) groups is 1. The van der Waals surface area contributed by atoms with Crippen molar-refractivity contribution in [3.63, 3.8) is 0 Å². The van der Waals surface area contributed by atoms with Gasteiger partial charge in [-0.25, -0.2) is 0 Å². The van der Waals surface area contributed by atoms with Gasteiger partial charge in [0.25, 0.3) is 0 Å². The van der Waals surface area contributed by atoms with Crippen LogP contribution in [0, 0.1) is 0 Å². The fourth-order valence-electron chi connectivity index (χ4n) is 2.82. The van der Waals surface area contributed by atoms with Gasteiger partial charge in [0.05, 0.1) is 6.04 Å². The molecule has 21 heavy (non-hydrogen) atoms. The van der Waals surface area contributed by atoms with Crippen LogP contribution in [0.15, 0.2) is 48.5 Å². The Morgan fingerprint density at radius 2 is 1.90 bits per heavy atom. The lowest BCUT2D eigenvalue weighted by atomic mass is 9.95. The quantitative estimate of drug-likeness (QED) is 0.899. The van der Waals surface area contributed by atoms with E-state index < -0.39 is 0 Å². The minimum Gasteiger partial charge on any atom is -0.388 e. The van der Waals surface area contributed by atoms with Crippen LogP contribution in [0.2, 0.25) is 0 Å². The van der Waals surface area contributed by atoms with Crippen LogP contribution in [0.1, 0.15) is 30.9 Å². The van der Waals surface area contributed by atoms with E-state index in [0.717, 1.165) is 18.5 Å². The average Bonchev–Trinajstić information content (AvgIpc) is 2.55. The maximum atomic E-state index is 11.5. The Morgan fingerprint density at radius 1 is 1.10 bits per heavy atom. The number of benzene rings is 2. The lowest BCUT2D eigenvalue weighted by Gasteiger charge is -2.23. The monoisotopic (exact) mass is 280 g/mol. The van der Waals surface area contributed by atoms with Crippen LogP contribution in [0.3, 0.4) is 0 Å². The summed E-state index contributed by atoms with van der Waals surface area (Å²) in [5, 5.41) is 6.22. The molecule has 1 aliphatic heterocycles. The molecule has 2 N–H and O–H groups in total. The molecule has 1 saturated heterocycles. The van der Waals surface area contributed by atoms with Crippen LogP contribution in [0.25, 0.3) is 11.1 Å². The molecule has 3 nitrogen and oxygen atoms in total. The zero-order chi connectivity index (χ0) is 14.7. The number of hydrogen-bond acceptors (Lipinski definition) is 2. The van der Waals surface area contributed by atoms with Gasteiger partial charge < -0.3 is 10.6 Å². The second kappa shape index (κ2) is 6.00. The number of hydrogen-bond donors (Lipinski definition) is 2. The predicted octanol–water partition coefficient (Wildman–Crippen LogP) is 3.74. The molecule has 1 unspecified atom stereocenters. The maximum Gasteiger partial charge on any atom is 0.220 e. The van der Waals surface area contributed by atoms with Crippen molar-refractivity contribution < 1.29 is 4.79 Å². The van der Waals surface area contributed by atoms with Crippen molar-refractivity contribution in [2.24, 2.45) is 0 Å². The van der Waals surface area contributed by atoms with Crippen LogP contribution >= 0.6 is 0 Å². The van der Waals surface area contributed by atoms with E-state index >= 15 is 0 Å². The second-order valence-corrected chi connectivity index (χ2v) is 5.47. The molecule has 108 valence electrons. The summed E-state index contributed by atoms with van der Waals surface area (Å²) in [7, 11) is 1.92. The molecule has 3 rings (SSSR count). The molecule has 2 aromatic rings. The largest absolute Gasteiger partial charge is 0.388 e. The molecule has 1 heterocycles. The first kappa shape index (κ1) is 13.7. The fourth-order valence-corrected chi connectivity index (χ4v) is 2.82. The third kappa shape index (κ3) is 3.07. The van der Waals surface area contributed by atoms with Gasteiger partial charge in [-0.1, -0.05) is 36.4 Å². The molecule has 0 saturated carbocycles. The highest BCUT2D eigenvalue weighted by Crippen LogP contribution is 2.27. The minimum absolute atomic E-state index is 0.164. The second-order valence-electron chi connectivity index (χ2n) is 5.47. The fraction of sp³-hybridized carbons (Fsp3) is 0.278. The topological polar surface area (TPSA) is 41.1 Å². The Morgan fingerprint density at radius 3 is 2.62 bits per heavy atom. The van der Waals surface area contributed by atoms with Crippen molar-refractivity contribution in [3.05, 3.63) is 54.1 Å². The van der Waals surface area contributed by atoms with Crippen molar-refractivity contribution in [1.29, 1.82) is 0 Å². The normalized spacial score (nSPS) is 18.1. The molecule has 1 amide bonds. The van der Waals surface area contributed by atoms with Gasteiger partial charge in [0.15, 0.2) is 0 Å². The molecule has 3 heteroatoms. The van der Waals surface area contributed by atoms with Crippen LogP contribution in [-0.4, -0.2) is 13.0 Å². The Hall–Kier alpha value is -2.29. The summed E-state index contributed by atoms with van der Waals surface area (Å²) in [4.78, 5) is 11.5. The van der Waals surface area contributed by atoms with E-state index in [2.05, 4.69) is 59.2 Å². The van der Waals surface area contributed by atoms with E-state index in [0.29, 0.717) is 6.42 Å². The number of nitrogens with one attached hydrogen (secondary N) is 2. The summed E-state index contributed by atoms with van der Waals surface area (Å²) >= 11 is 0. The maximum absolute atomic E-state index is 11.5. The summed E-state index contributed by atoms with van der Waals surface area (Å²) in [5.41, 5.74) is 4.69. The van der Waals surface area contributed by atoms with E-state index in [4.69, 9.17) is 0 Å². The zero-order valence-corrected chi connectivity index (χ0v) is 12.2. The number of amides is 1. The van der Waals surface area contributed by atoms with Gasteiger partial charge in [0.2, 0.25) is 5.91 Å². The van der Waals surface area contributed by atoms with Gasteiger partial charge in [0, 0.05) is 19.2 Å². The number of anilines is 1. The Labute approximate surface area is 125 Å². The van der Waals surface area contributed by atoms with Gasteiger partial charge in [-0.05, 0) is 41.7 Å². The summed E-state index contributed by atoms with van der Waals surface area (Å²) < 4.78 is 0. The van der Waals surface area contributed by atoms with Gasteiger partial charge in [-0.3, -0.25) is 4.79 Å². The molecule has 0 aliphatic carbocycles. The first-order chi connectivity index (χ1) is 10.3. The third-order valence-electron chi connectivity index (χ3n) is 4.03. The van der Waals surface area contributed by atoms with Crippen molar-refractivity contribution >= 4 is 11.6 Å². The minimum atomic E-state index is 0.164. The summed E-state index contributed by atoms with van der Waals surface area (Å²) in [5.74, 6) is 0.164. The molecular formula is C18H20N2O. The lowest BCUT2D eigenvalue weighted by Crippen LogP contribution is -2.32. The van der Waals surface area contributed by atoms with Crippen LogP contribution < -0.4 is 10.6 Å². The number of carbonyl (C=O) groups excluding carboxylic acids is 1. The van der Waals surface area contributed by atoms with Gasteiger partial charge in [-0.15, -0.1) is 0 Å². The highest BCUT2D eigenvalue weighted by Gasteiger charge is 2.19. The molecule has 2 aromatic carbocycles. The molecule has 0 spiro atoms. The molecule has 1 atom stereocenters. The summed E-state index contributed by atoms with van der Waals surface area (Å²) in [6.07, 6.45) is 2.66. The van der Waals surface area contributed by atoms with Crippen molar-refractivity contribution in [3.8, 4) is 11.1 Å². The van der Waals surface area contributed by atoms with E-state index in [-0.39, 0.29) is 11.9 Å². The van der Waals surface area contributed by atoms with Crippen LogP contribution in [-0.2, 0) is 4.79 Å². The molecule has 1 fully saturated rings. The summed E-state index contributed by atoms with van der Waals surface area (Å²) in [6, 6.07) is 17.0. The standard InChI is InChI=1S/C18H20N2O/c1-19-16-5-2-4-15(12-16)13-8-10-14(11-9-13)17-6-3-7-18(21)20-17/h2,4-5,8-12,17,19H,3,6-7H2,1H3,(H,20,21). The van der Waals surface area contributed by atoms with E-state index in [9.17, 15) is 4.79 Å². The van der Waals surface area contributed by atoms with E-state index in [1.165, 1.54) is 16.7 Å². The first-order valence-electron chi connectivity index (χ1n) is 7.44. The summed E-state index contributed by atoms with van der Waals surface area (Å²) in [6.45, 7) is 0. The molecule has 0 bridgehead atoms. The average molecular weight is 280 g/mol. The number of rotatable bonds is 3. The number of piperidine rings is 1. The third-order valence-corrected chi connectivity index (χ3v) is 4.03. The van der Waals surface area contributed by atoms with Gasteiger partial charge >= 0.3 is 0 Å². The Kier molecular flexibility index (Phi) is 3.91. The van der Waals surface area contributed by atoms with Gasteiger partial charge in [-0.2, -0.15) is 0 Å². The van der Waals surface area contributed by atoms with Crippen molar-refractivity contribution in [2.45, 2.75) is 25.3 Å². The predicted molar refractivity (Wildman–Crippen MR) is 86.2 cm³/mol. The zero-order valence-electron chi connectivity index (χ0n) is 12.2. The van der Waals surface area contributed by atoms with Gasteiger partial charge in [0.1, 0.15) is 0 Å². The highest BCUT2D eigenvalue weighted by molar-refractivity contribution is 5.77. The molecule has 1 aliphatic rings. The molecule has 0 radical (unpaired) electrons. The van der Waals surface area contributed by atoms with E-state index in [1.807, 2.05) is 7.05 Å². The van der Waals surface area contributed by atoms with E-state index in [1.54, 1.807) is 0 Å². The smallest absolute Gasteiger partial charge is 0.220 e. The van der Waals surface area contributed by atoms with Crippen LogP contribution in [0.5, 0.6) is 0 Å². The Balaban J connectivity index is 1.81. The molecule has 0 aromatic heterocycles. The SMILES string of the molecule is CNc1cccc(-c2ccc(C3CCCC(=O)N3)cc2)c1. The lowest BCUT2D eigenvalue weighted by molar-refractivity contribution is -0.123. The van der Waals surface area contributed by atoms with Crippen molar-refractivity contribution in [2.75, 3.05) is 12.4 Å². The van der Waals surface area contributed by atoms with Crippen molar-refractivity contribution in [1.82, 2.24) is 5.32 Å². The Bertz CT molecular complexity index is 634.